The lowest BCUT2D eigenvalue weighted by molar-refractivity contribution is -0.135. The van der Waals surface area contributed by atoms with Gasteiger partial charge in [0.05, 0.1) is 6.54 Å². The topological polar surface area (TPSA) is 108 Å². The number of aryl methyl sites for hydroxylation is 2. The van der Waals surface area contributed by atoms with Crippen LogP contribution >= 0.6 is 0 Å². The van der Waals surface area contributed by atoms with Crippen LogP contribution in [0.1, 0.15) is 36.8 Å². The summed E-state index contributed by atoms with van der Waals surface area (Å²) in [6.07, 6.45) is 2.97. The summed E-state index contributed by atoms with van der Waals surface area (Å²) in [6.45, 7) is 3.15. The molecular formula is C19H24N4O4. The van der Waals surface area contributed by atoms with Gasteiger partial charge in [-0.2, -0.15) is 0 Å². The highest BCUT2D eigenvalue weighted by molar-refractivity contribution is 6.09. The largest absolute Gasteiger partial charge is 0.345 e. The third kappa shape index (κ3) is 3.79. The molecular weight excluding hydrogens is 348 g/mol. The van der Waals surface area contributed by atoms with E-state index in [1.807, 2.05) is 32.0 Å². The van der Waals surface area contributed by atoms with Crippen molar-refractivity contribution in [2.75, 3.05) is 18.4 Å². The van der Waals surface area contributed by atoms with Gasteiger partial charge in [0.25, 0.3) is 5.91 Å². The minimum absolute atomic E-state index is 0.235. The predicted molar refractivity (Wildman–Crippen MR) is 99.0 cm³/mol. The first-order valence-corrected chi connectivity index (χ1v) is 9.09. The predicted octanol–water partition coefficient (Wildman–Crippen LogP) is 1.22. The monoisotopic (exact) mass is 372 g/mol. The van der Waals surface area contributed by atoms with E-state index < -0.39 is 17.5 Å². The number of imide groups is 1. The molecule has 0 bridgehead atoms. The summed E-state index contributed by atoms with van der Waals surface area (Å²) in [5.74, 6) is -1.27. The van der Waals surface area contributed by atoms with Gasteiger partial charge in [-0.05, 0) is 37.8 Å². The Hall–Kier alpha value is -2.90. The lowest BCUT2D eigenvalue weighted by atomic mass is 9.98. The average Bonchev–Trinajstić information content (AvgIpc) is 3.17. The molecule has 2 aliphatic rings. The molecule has 1 saturated carbocycles. The number of hydrogen-bond donors (Lipinski definition) is 3. The zero-order valence-electron chi connectivity index (χ0n) is 15.6. The number of nitrogens with zero attached hydrogens (tertiary/aromatic N) is 1. The van der Waals surface area contributed by atoms with Crippen molar-refractivity contribution in [3.8, 4) is 0 Å². The molecule has 3 rings (SSSR count). The molecule has 8 nitrogen and oxygen atoms in total. The van der Waals surface area contributed by atoms with E-state index in [-0.39, 0.29) is 24.9 Å². The van der Waals surface area contributed by atoms with Crippen LogP contribution in [0.2, 0.25) is 0 Å². The van der Waals surface area contributed by atoms with Gasteiger partial charge in [0.1, 0.15) is 12.1 Å². The van der Waals surface area contributed by atoms with Crippen LogP contribution < -0.4 is 16.0 Å². The van der Waals surface area contributed by atoms with Gasteiger partial charge in [0.15, 0.2) is 0 Å². The maximum atomic E-state index is 12.5. The van der Waals surface area contributed by atoms with Crippen molar-refractivity contribution in [2.24, 2.45) is 0 Å². The Balaban J connectivity index is 1.52. The van der Waals surface area contributed by atoms with E-state index in [1.165, 1.54) is 0 Å². The number of rotatable bonds is 5. The highest BCUT2D eigenvalue weighted by Crippen LogP contribution is 2.34. The molecule has 1 aliphatic carbocycles. The molecule has 5 amide bonds. The Labute approximate surface area is 157 Å². The van der Waals surface area contributed by atoms with Crippen LogP contribution in [-0.2, 0) is 14.4 Å². The Morgan fingerprint density at radius 2 is 1.74 bits per heavy atom. The number of amides is 5. The maximum absolute atomic E-state index is 12.5. The Morgan fingerprint density at radius 3 is 2.37 bits per heavy atom. The van der Waals surface area contributed by atoms with Crippen molar-refractivity contribution in [3.05, 3.63) is 29.3 Å². The standard InChI is InChI=1S/C19H24N4O4/c1-12-6-5-7-13(2)16(12)21-14(24)10-20-15(25)11-23-17(26)19(22-18(23)27)8-3-4-9-19/h5-7H,3-4,8-11H2,1-2H3,(H,20,25)(H,21,24)(H,22,27). The second-order valence-electron chi connectivity index (χ2n) is 7.20. The molecule has 1 aromatic rings. The van der Waals surface area contributed by atoms with Crippen molar-refractivity contribution < 1.29 is 19.2 Å². The quantitative estimate of drug-likeness (QED) is 0.676. The van der Waals surface area contributed by atoms with Gasteiger partial charge in [-0.1, -0.05) is 31.0 Å². The van der Waals surface area contributed by atoms with E-state index in [9.17, 15) is 19.2 Å². The van der Waals surface area contributed by atoms with Gasteiger partial charge >= 0.3 is 6.03 Å². The summed E-state index contributed by atoms with van der Waals surface area (Å²) in [5, 5.41) is 7.96. The number of para-hydroxylation sites is 1. The van der Waals surface area contributed by atoms with E-state index >= 15 is 0 Å². The van der Waals surface area contributed by atoms with E-state index in [0.29, 0.717) is 18.5 Å². The van der Waals surface area contributed by atoms with Crippen molar-refractivity contribution >= 4 is 29.4 Å². The molecule has 8 heteroatoms. The summed E-state index contributed by atoms with van der Waals surface area (Å²) < 4.78 is 0. The van der Waals surface area contributed by atoms with Crippen LogP contribution in [-0.4, -0.2) is 47.3 Å². The van der Waals surface area contributed by atoms with Crippen molar-refractivity contribution in [1.29, 1.82) is 0 Å². The summed E-state index contributed by atoms with van der Waals surface area (Å²) in [7, 11) is 0. The second-order valence-corrected chi connectivity index (χ2v) is 7.20. The number of carbonyl (C=O) groups is 4. The zero-order chi connectivity index (χ0) is 19.6. The fraction of sp³-hybridized carbons (Fsp3) is 0.474. The molecule has 1 aliphatic heterocycles. The van der Waals surface area contributed by atoms with E-state index in [0.717, 1.165) is 28.9 Å². The molecule has 1 saturated heterocycles. The third-order valence-corrected chi connectivity index (χ3v) is 5.20. The van der Waals surface area contributed by atoms with Crippen molar-refractivity contribution in [3.63, 3.8) is 0 Å². The molecule has 0 aromatic heterocycles. The molecule has 144 valence electrons. The third-order valence-electron chi connectivity index (χ3n) is 5.20. The highest BCUT2D eigenvalue weighted by atomic mass is 16.2. The zero-order valence-corrected chi connectivity index (χ0v) is 15.6. The molecule has 0 atom stereocenters. The number of nitrogens with one attached hydrogen (secondary N) is 3. The Bertz CT molecular complexity index is 779. The Kier molecular flexibility index (Phi) is 5.16. The van der Waals surface area contributed by atoms with Gasteiger partial charge in [0.2, 0.25) is 11.8 Å². The van der Waals surface area contributed by atoms with Crippen molar-refractivity contribution in [2.45, 2.75) is 45.1 Å². The van der Waals surface area contributed by atoms with Crippen molar-refractivity contribution in [1.82, 2.24) is 15.5 Å². The van der Waals surface area contributed by atoms with Crippen LogP contribution in [0, 0.1) is 13.8 Å². The van der Waals surface area contributed by atoms with Crippen LogP contribution in [0.15, 0.2) is 18.2 Å². The maximum Gasteiger partial charge on any atom is 0.325 e. The van der Waals surface area contributed by atoms with Gasteiger partial charge in [-0.25, -0.2) is 4.79 Å². The van der Waals surface area contributed by atoms with E-state index in [2.05, 4.69) is 16.0 Å². The highest BCUT2D eigenvalue weighted by Gasteiger charge is 2.52. The van der Waals surface area contributed by atoms with E-state index in [1.54, 1.807) is 0 Å². The fourth-order valence-electron chi connectivity index (χ4n) is 3.71. The molecule has 3 N–H and O–H groups in total. The fourth-order valence-corrected chi connectivity index (χ4v) is 3.71. The summed E-state index contributed by atoms with van der Waals surface area (Å²) >= 11 is 0. The minimum atomic E-state index is -0.836. The van der Waals surface area contributed by atoms with Gasteiger partial charge in [0, 0.05) is 5.69 Å². The first-order chi connectivity index (χ1) is 12.8. The summed E-state index contributed by atoms with van der Waals surface area (Å²) in [6, 6.07) is 5.13. The number of carbonyl (C=O) groups excluding carboxylic acids is 4. The van der Waals surface area contributed by atoms with Gasteiger partial charge in [-0.15, -0.1) is 0 Å². The molecule has 2 fully saturated rings. The molecule has 0 unspecified atom stereocenters. The lowest BCUT2D eigenvalue weighted by Crippen LogP contribution is -2.46. The molecule has 1 aromatic carbocycles. The lowest BCUT2D eigenvalue weighted by Gasteiger charge is -2.19. The number of benzene rings is 1. The first kappa shape index (κ1) is 18.9. The summed E-state index contributed by atoms with van der Waals surface area (Å²) in [5.41, 5.74) is 1.73. The van der Waals surface area contributed by atoms with Crippen LogP contribution in [0.5, 0.6) is 0 Å². The normalized spacial score (nSPS) is 17.9. The summed E-state index contributed by atoms with van der Waals surface area (Å²) in [4.78, 5) is 49.7. The average molecular weight is 372 g/mol. The van der Waals surface area contributed by atoms with Crippen LogP contribution in [0.3, 0.4) is 0 Å². The van der Waals surface area contributed by atoms with Gasteiger partial charge < -0.3 is 16.0 Å². The number of anilines is 1. The van der Waals surface area contributed by atoms with E-state index in [4.69, 9.17) is 0 Å². The first-order valence-electron chi connectivity index (χ1n) is 9.09. The molecule has 0 radical (unpaired) electrons. The number of hydrogen-bond acceptors (Lipinski definition) is 4. The second kappa shape index (κ2) is 7.38. The Morgan fingerprint density at radius 1 is 1.11 bits per heavy atom. The number of urea groups is 1. The smallest absolute Gasteiger partial charge is 0.325 e. The van der Waals surface area contributed by atoms with Crippen LogP contribution in [0.25, 0.3) is 0 Å². The molecule has 1 spiro atoms. The SMILES string of the molecule is Cc1cccc(C)c1NC(=O)CNC(=O)CN1C(=O)NC2(CCCC2)C1=O. The molecule has 1 heterocycles. The molecule has 27 heavy (non-hydrogen) atoms. The van der Waals surface area contributed by atoms with Crippen LogP contribution in [0.4, 0.5) is 10.5 Å². The van der Waals surface area contributed by atoms with Gasteiger partial charge in [-0.3, -0.25) is 19.3 Å². The minimum Gasteiger partial charge on any atom is -0.345 e.